The van der Waals surface area contributed by atoms with E-state index in [0.29, 0.717) is 15.6 Å². The van der Waals surface area contributed by atoms with Gasteiger partial charge in [-0.25, -0.2) is 0 Å². The number of nitrogens with one attached hydrogen (secondary N) is 1. The summed E-state index contributed by atoms with van der Waals surface area (Å²) in [6.07, 6.45) is 0. The molecule has 1 aromatic carbocycles. The standard InChI is InChI=1S/C13H10BrCl2NOS/c1-7(8-2-3-10(15)11(16)4-8)17-13(18)9-5-12(14)19-6-9/h2-7H,1H3,(H,17,18). The van der Waals surface area contributed by atoms with Crippen molar-refractivity contribution in [1.82, 2.24) is 5.32 Å². The Kier molecular flexibility index (Phi) is 4.90. The normalized spacial score (nSPS) is 12.2. The molecule has 1 N–H and O–H groups in total. The van der Waals surface area contributed by atoms with E-state index >= 15 is 0 Å². The van der Waals surface area contributed by atoms with Gasteiger partial charge >= 0.3 is 0 Å². The van der Waals surface area contributed by atoms with Crippen LogP contribution in [-0.2, 0) is 0 Å². The summed E-state index contributed by atoms with van der Waals surface area (Å²) in [5.74, 6) is -0.111. The van der Waals surface area contributed by atoms with Crippen LogP contribution in [0.15, 0.2) is 33.4 Å². The lowest BCUT2D eigenvalue weighted by Crippen LogP contribution is -2.26. The van der Waals surface area contributed by atoms with Gasteiger partial charge in [0.1, 0.15) is 0 Å². The number of benzene rings is 1. The van der Waals surface area contributed by atoms with Gasteiger partial charge in [-0.05, 0) is 46.6 Å². The molecular formula is C13H10BrCl2NOS. The van der Waals surface area contributed by atoms with E-state index in [9.17, 15) is 4.79 Å². The second kappa shape index (κ2) is 6.27. The van der Waals surface area contributed by atoms with Crippen LogP contribution < -0.4 is 5.32 Å². The third-order valence-corrected chi connectivity index (χ3v) is 4.86. The lowest BCUT2D eigenvalue weighted by atomic mass is 10.1. The molecule has 100 valence electrons. The Morgan fingerprint density at radius 2 is 2.05 bits per heavy atom. The molecule has 1 amide bonds. The van der Waals surface area contributed by atoms with Gasteiger partial charge in [0, 0.05) is 5.38 Å². The molecule has 0 saturated carbocycles. The van der Waals surface area contributed by atoms with Gasteiger partial charge in [-0.3, -0.25) is 4.79 Å². The maximum Gasteiger partial charge on any atom is 0.252 e. The highest BCUT2D eigenvalue weighted by atomic mass is 79.9. The molecule has 6 heteroatoms. The highest BCUT2D eigenvalue weighted by Gasteiger charge is 2.13. The molecule has 0 fully saturated rings. The predicted octanol–water partition coefficient (Wildman–Crippen LogP) is 5.31. The Labute approximate surface area is 133 Å². The zero-order valence-electron chi connectivity index (χ0n) is 9.91. The van der Waals surface area contributed by atoms with Gasteiger partial charge in [-0.1, -0.05) is 29.3 Å². The Hall–Kier alpha value is -0.550. The lowest BCUT2D eigenvalue weighted by molar-refractivity contribution is 0.0940. The fourth-order valence-corrected chi connectivity index (χ4v) is 3.02. The Bertz CT molecular complexity index is 614. The summed E-state index contributed by atoms with van der Waals surface area (Å²) in [5, 5.41) is 5.71. The zero-order valence-corrected chi connectivity index (χ0v) is 13.8. The van der Waals surface area contributed by atoms with Crippen LogP contribution >= 0.6 is 50.5 Å². The number of halogens is 3. The summed E-state index contributed by atoms with van der Waals surface area (Å²) in [6.45, 7) is 1.90. The highest BCUT2D eigenvalue weighted by Crippen LogP contribution is 2.26. The van der Waals surface area contributed by atoms with Crippen molar-refractivity contribution >= 4 is 56.4 Å². The van der Waals surface area contributed by atoms with E-state index in [4.69, 9.17) is 23.2 Å². The van der Waals surface area contributed by atoms with Crippen molar-refractivity contribution in [3.63, 3.8) is 0 Å². The fourth-order valence-electron chi connectivity index (χ4n) is 1.57. The Balaban J connectivity index is 2.10. The predicted molar refractivity (Wildman–Crippen MR) is 84.4 cm³/mol. The molecule has 2 rings (SSSR count). The molecule has 0 saturated heterocycles. The quantitative estimate of drug-likeness (QED) is 0.770. The molecule has 0 bridgehead atoms. The molecule has 2 nitrogen and oxygen atoms in total. The van der Waals surface area contributed by atoms with Crippen LogP contribution in [0, 0.1) is 0 Å². The van der Waals surface area contributed by atoms with Gasteiger partial charge < -0.3 is 5.32 Å². The van der Waals surface area contributed by atoms with E-state index in [-0.39, 0.29) is 11.9 Å². The maximum atomic E-state index is 12.0. The van der Waals surface area contributed by atoms with Crippen LogP contribution in [0.4, 0.5) is 0 Å². The number of hydrogen-bond donors (Lipinski definition) is 1. The molecule has 0 aliphatic rings. The van der Waals surface area contributed by atoms with Gasteiger partial charge in [0.15, 0.2) is 0 Å². The summed E-state index contributed by atoms with van der Waals surface area (Å²) in [4.78, 5) is 12.0. The number of hydrogen-bond acceptors (Lipinski definition) is 2. The minimum Gasteiger partial charge on any atom is -0.345 e. The molecule has 0 aliphatic carbocycles. The minimum absolute atomic E-state index is 0.111. The molecule has 1 heterocycles. The SMILES string of the molecule is CC(NC(=O)c1csc(Br)c1)c1ccc(Cl)c(Cl)c1. The molecular weight excluding hydrogens is 369 g/mol. The Morgan fingerprint density at radius 1 is 1.32 bits per heavy atom. The summed E-state index contributed by atoms with van der Waals surface area (Å²) in [6, 6.07) is 6.99. The third-order valence-electron chi connectivity index (χ3n) is 2.62. The van der Waals surface area contributed by atoms with E-state index in [1.807, 2.05) is 13.0 Å². The van der Waals surface area contributed by atoms with E-state index in [2.05, 4.69) is 21.2 Å². The van der Waals surface area contributed by atoms with Crippen molar-refractivity contribution in [2.45, 2.75) is 13.0 Å². The average Bonchev–Trinajstić information content (AvgIpc) is 2.79. The fraction of sp³-hybridized carbons (Fsp3) is 0.154. The van der Waals surface area contributed by atoms with Crippen molar-refractivity contribution in [3.8, 4) is 0 Å². The first-order valence-corrected chi connectivity index (χ1v) is 7.90. The van der Waals surface area contributed by atoms with Crippen LogP contribution in [0.25, 0.3) is 0 Å². The van der Waals surface area contributed by atoms with E-state index < -0.39 is 0 Å². The monoisotopic (exact) mass is 377 g/mol. The zero-order chi connectivity index (χ0) is 14.0. The largest absolute Gasteiger partial charge is 0.345 e. The molecule has 0 spiro atoms. The third kappa shape index (κ3) is 3.72. The van der Waals surface area contributed by atoms with E-state index in [1.165, 1.54) is 11.3 Å². The van der Waals surface area contributed by atoms with Gasteiger partial charge in [-0.2, -0.15) is 0 Å². The van der Waals surface area contributed by atoms with E-state index in [1.54, 1.807) is 23.6 Å². The smallest absolute Gasteiger partial charge is 0.252 e. The Morgan fingerprint density at radius 3 is 2.63 bits per heavy atom. The summed E-state index contributed by atoms with van der Waals surface area (Å²) in [7, 11) is 0. The molecule has 2 aromatic rings. The van der Waals surface area contributed by atoms with E-state index in [0.717, 1.165) is 9.35 Å². The second-order valence-electron chi connectivity index (χ2n) is 4.01. The van der Waals surface area contributed by atoms with Crippen molar-refractivity contribution < 1.29 is 4.79 Å². The van der Waals surface area contributed by atoms with Gasteiger partial charge in [0.25, 0.3) is 5.91 Å². The van der Waals surface area contributed by atoms with Crippen LogP contribution in [0.2, 0.25) is 10.0 Å². The van der Waals surface area contributed by atoms with Crippen LogP contribution in [0.5, 0.6) is 0 Å². The van der Waals surface area contributed by atoms with Gasteiger partial charge in [0.2, 0.25) is 0 Å². The number of thiophene rings is 1. The minimum atomic E-state index is -0.138. The number of rotatable bonds is 3. The first kappa shape index (κ1) is 14.9. The number of carbonyl (C=O) groups excluding carboxylic acids is 1. The molecule has 1 unspecified atom stereocenters. The van der Waals surface area contributed by atoms with Crippen LogP contribution in [-0.4, -0.2) is 5.91 Å². The van der Waals surface area contributed by atoms with Gasteiger partial charge in [-0.15, -0.1) is 11.3 Å². The molecule has 1 aromatic heterocycles. The molecule has 1 atom stereocenters. The van der Waals surface area contributed by atoms with Crippen molar-refractivity contribution in [2.75, 3.05) is 0 Å². The second-order valence-corrected chi connectivity index (χ2v) is 7.11. The summed E-state index contributed by atoms with van der Waals surface area (Å²) in [5.41, 5.74) is 1.56. The molecule has 19 heavy (non-hydrogen) atoms. The molecule has 0 aliphatic heterocycles. The summed E-state index contributed by atoms with van der Waals surface area (Å²) < 4.78 is 0.930. The molecule has 0 radical (unpaired) electrons. The number of carbonyl (C=O) groups is 1. The van der Waals surface area contributed by atoms with Crippen LogP contribution in [0.1, 0.15) is 28.9 Å². The highest BCUT2D eigenvalue weighted by molar-refractivity contribution is 9.11. The van der Waals surface area contributed by atoms with Gasteiger partial charge in [0.05, 0.1) is 25.4 Å². The first-order chi connectivity index (χ1) is 8.97. The number of amides is 1. The summed E-state index contributed by atoms with van der Waals surface area (Å²) >= 11 is 16.6. The van der Waals surface area contributed by atoms with Crippen molar-refractivity contribution in [1.29, 1.82) is 0 Å². The maximum absolute atomic E-state index is 12.0. The van der Waals surface area contributed by atoms with Crippen molar-refractivity contribution in [2.24, 2.45) is 0 Å². The lowest BCUT2D eigenvalue weighted by Gasteiger charge is -2.14. The average molecular weight is 379 g/mol. The first-order valence-electron chi connectivity index (χ1n) is 5.47. The van der Waals surface area contributed by atoms with Crippen LogP contribution in [0.3, 0.4) is 0 Å². The topological polar surface area (TPSA) is 29.1 Å². The van der Waals surface area contributed by atoms with Crippen molar-refractivity contribution in [3.05, 3.63) is 54.6 Å².